The summed E-state index contributed by atoms with van der Waals surface area (Å²) in [5.41, 5.74) is 12.2. The number of H-pyrrole nitrogens is 1. The maximum Gasteiger partial charge on any atom is 0.327 e. The lowest BCUT2D eigenvalue weighted by Gasteiger charge is -2.23. The summed E-state index contributed by atoms with van der Waals surface area (Å²) in [6.45, 7) is 1.43. The molecule has 0 spiro atoms. The van der Waals surface area contributed by atoms with E-state index in [-0.39, 0.29) is 42.3 Å². The molecule has 20 nitrogen and oxygen atoms in total. The number of aliphatic carboxylic acids is 2. The van der Waals surface area contributed by atoms with Crippen LogP contribution in [0.15, 0.2) is 35.3 Å². The van der Waals surface area contributed by atoms with E-state index in [1.54, 1.807) is 31.2 Å². The molecule has 0 saturated heterocycles. The number of anilines is 2. The fourth-order valence-electron chi connectivity index (χ4n) is 4.33. The SMILES string of the molecule is C[C@H](CCC(=O)N[C@@H](CC(=O)O)C(=O)N[C@@H](CN)C(=O)N[C@@H](CS)C(=O)O)NC(=O)c1ccc(NCc2cnc3nc(N)[nH]c(=O)c3n2)cc1. The van der Waals surface area contributed by atoms with Gasteiger partial charge in [0.2, 0.25) is 23.7 Å². The Kier molecular flexibility index (Phi) is 14.0. The molecule has 0 bridgehead atoms. The van der Waals surface area contributed by atoms with Crippen molar-refractivity contribution < 1.29 is 39.0 Å². The largest absolute Gasteiger partial charge is 0.481 e. The van der Waals surface area contributed by atoms with Gasteiger partial charge in [-0.2, -0.15) is 17.6 Å². The number of fused-ring (bicyclic) bond motifs is 1. The summed E-state index contributed by atoms with van der Waals surface area (Å²) >= 11 is 3.84. The maximum atomic E-state index is 12.8. The van der Waals surface area contributed by atoms with E-state index in [2.05, 4.69) is 59.1 Å². The van der Waals surface area contributed by atoms with Crippen LogP contribution in [-0.4, -0.2) is 102 Å². The number of aromatic amines is 1. The molecule has 2 heterocycles. The third-order valence-corrected chi connectivity index (χ3v) is 7.35. The monoisotopic (exact) mass is 715 g/mol. The van der Waals surface area contributed by atoms with Crippen LogP contribution in [0.3, 0.4) is 0 Å². The molecule has 3 aromatic rings. The lowest BCUT2D eigenvalue weighted by molar-refractivity contribution is -0.142. The molecule has 4 atom stereocenters. The van der Waals surface area contributed by atoms with E-state index < -0.39 is 78.3 Å². The predicted molar refractivity (Wildman–Crippen MR) is 181 cm³/mol. The van der Waals surface area contributed by atoms with Crippen LogP contribution in [0.1, 0.15) is 42.2 Å². The molecule has 12 N–H and O–H groups in total. The van der Waals surface area contributed by atoms with Gasteiger partial charge in [0.1, 0.15) is 18.1 Å². The first kappa shape index (κ1) is 38.6. The summed E-state index contributed by atoms with van der Waals surface area (Å²) < 4.78 is 0. The number of rotatable bonds is 18. The molecule has 1 aromatic carbocycles. The molecular weight excluding hydrogens is 678 g/mol. The number of hydrogen-bond acceptors (Lipinski definition) is 14. The molecule has 268 valence electrons. The van der Waals surface area contributed by atoms with E-state index in [1.165, 1.54) is 6.20 Å². The molecule has 0 aliphatic heterocycles. The van der Waals surface area contributed by atoms with Crippen LogP contribution in [-0.2, 0) is 30.5 Å². The Morgan fingerprint density at radius 1 is 0.940 bits per heavy atom. The molecule has 0 saturated carbocycles. The van der Waals surface area contributed by atoms with Crippen LogP contribution in [0.5, 0.6) is 0 Å². The van der Waals surface area contributed by atoms with Crippen molar-refractivity contribution in [3.63, 3.8) is 0 Å². The van der Waals surface area contributed by atoms with Gasteiger partial charge in [-0.3, -0.25) is 33.8 Å². The lowest BCUT2D eigenvalue weighted by Crippen LogP contribution is -2.58. The first-order valence-electron chi connectivity index (χ1n) is 15.0. The Morgan fingerprint density at radius 2 is 1.60 bits per heavy atom. The number of nitrogens with zero attached hydrogens (tertiary/aromatic N) is 3. The van der Waals surface area contributed by atoms with Crippen LogP contribution < -0.4 is 43.6 Å². The number of carboxylic acid groups (broad SMARTS) is 2. The summed E-state index contributed by atoms with van der Waals surface area (Å²) in [6, 6.07) is 1.62. The van der Waals surface area contributed by atoms with Crippen LogP contribution >= 0.6 is 12.6 Å². The Labute approximate surface area is 289 Å². The number of nitrogens with two attached hydrogens (primary N) is 2. The predicted octanol–water partition coefficient (Wildman–Crippen LogP) is -2.29. The minimum atomic E-state index is -1.58. The van der Waals surface area contributed by atoms with Crippen molar-refractivity contribution in [2.75, 3.05) is 23.3 Å². The number of nitrogens with one attached hydrogen (secondary N) is 6. The molecular formula is C29H37N11O9S. The Hall–Kier alpha value is -5.83. The average Bonchev–Trinajstić information content (AvgIpc) is 3.07. The fraction of sp³-hybridized carbons (Fsp3) is 0.379. The molecule has 0 aliphatic rings. The first-order valence-corrected chi connectivity index (χ1v) is 15.7. The van der Waals surface area contributed by atoms with Crippen LogP contribution in [0.4, 0.5) is 11.6 Å². The molecule has 4 amide bonds. The van der Waals surface area contributed by atoms with E-state index in [9.17, 15) is 38.7 Å². The van der Waals surface area contributed by atoms with Gasteiger partial charge in [-0.05, 0) is 37.6 Å². The van der Waals surface area contributed by atoms with Crippen molar-refractivity contribution >= 4 is 71.0 Å². The molecule has 2 aromatic heterocycles. The first-order chi connectivity index (χ1) is 23.7. The van der Waals surface area contributed by atoms with Crippen molar-refractivity contribution in [2.45, 2.75) is 56.9 Å². The number of carboxylic acids is 2. The van der Waals surface area contributed by atoms with Crippen molar-refractivity contribution in [3.8, 4) is 0 Å². The zero-order chi connectivity index (χ0) is 37.0. The van der Waals surface area contributed by atoms with Gasteiger partial charge in [-0.15, -0.1) is 0 Å². The topological polar surface area (TPSA) is 327 Å². The third-order valence-electron chi connectivity index (χ3n) is 6.99. The van der Waals surface area contributed by atoms with Gasteiger partial charge in [0.15, 0.2) is 11.2 Å². The second kappa shape index (κ2) is 18.1. The fourth-order valence-corrected chi connectivity index (χ4v) is 4.57. The minimum absolute atomic E-state index is 0.0449. The van der Waals surface area contributed by atoms with E-state index in [0.717, 1.165) is 0 Å². The zero-order valence-corrected chi connectivity index (χ0v) is 27.5. The van der Waals surface area contributed by atoms with Gasteiger partial charge in [0.05, 0.1) is 24.9 Å². The summed E-state index contributed by atoms with van der Waals surface area (Å²) in [5, 5.41) is 30.9. The quantitative estimate of drug-likeness (QED) is 0.0618. The number of benzene rings is 1. The van der Waals surface area contributed by atoms with Gasteiger partial charge >= 0.3 is 11.9 Å². The highest BCUT2D eigenvalue weighted by Gasteiger charge is 2.30. The van der Waals surface area contributed by atoms with Crippen molar-refractivity contribution in [2.24, 2.45) is 5.73 Å². The maximum absolute atomic E-state index is 12.8. The van der Waals surface area contributed by atoms with E-state index in [0.29, 0.717) is 16.9 Å². The van der Waals surface area contributed by atoms with E-state index >= 15 is 0 Å². The normalized spacial score (nSPS) is 13.3. The molecule has 50 heavy (non-hydrogen) atoms. The van der Waals surface area contributed by atoms with Crippen molar-refractivity contribution in [1.82, 2.24) is 41.2 Å². The number of nitrogen functional groups attached to an aromatic ring is 1. The van der Waals surface area contributed by atoms with Gasteiger partial charge in [-0.25, -0.2) is 14.8 Å². The van der Waals surface area contributed by atoms with E-state index in [4.69, 9.17) is 16.6 Å². The smallest absolute Gasteiger partial charge is 0.327 e. The van der Waals surface area contributed by atoms with Crippen LogP contribution in [0, 0.1) is 0 Å². The Morgan fingerprint density at radius 3 is 2.22 bits per heavy atom. The second-order valence-corrected chi connectivity index (χ2v) is 11.3. The molecule has 21 heteroatoms. The third kappa shape index (κ3) is 11.4. The summed E-state index contributed by atoms with van der Waals surface area (Å²) in [6.07, 6.45) is 0.578. The highest BCUT2D eigenvalue weighted by molar-refractivity contribution is 7.80. The Balaban J connectivity index is 1.49. The van der Waals surface area contributed by atoms with Crippen LogP contribution in [0.25, 0.3) is 11.2 Å². The Bertz CT molecular complexity index is 1790. The number of hydrogen-bond donors (Lipinski definition) is 11. The number of aromatic nitrogens is 4. The molecule has 0 radical (unpaired) electrons. The molecule has 0 aliphatic carbocycles. The molecule has 3 rings (SSSR count). The van der Waals surface area contributed by atoms with Crippen molar-refractivity contribution in [3.05, 3.63) is 52.1 Å². The number of carbonyl (C=O) groups is 6. The lowest BCUT2D eigenvalue weighted by atomic mass is 10.1. The van der Waals surface area contributed by atoms with Crippen LogP contribution in [0.2, 0.25) is 0 Å². The minimum Gasteiger partial charge on any atom is -0.481 e. The summed E-state index contributed by atoms with van der Waals surface area (Å²) in [7, 11) is 0. The molecule has 0 fully saturated rings. The summed E-state index contributed by atoms with van der Waals surface area (Å²) in [5.74, 6) is -6.15. The van der Waals surface area contributed by atoms with E-state index in [1.807, 2.05) is 0 Å². The highest BCUT2D eigenvalue weighted by Crippen LogP contribution is 2.12. The second-order valence-electron chi connectivity index (χ2n) is 10.9. The van der Waals surface area contributed by atoms with Crippen molar-refractivity contribution in [1.29, 1.82) is 0 Å². The number of thiol groups is 1. The van der Waals surface area contributed by atoms with Gasteiger partial charge in [-0.1, -0.05) is 0 Å². The number of amides is 4. The number of carbonyl (C=O) groups excluding carboxylic acids is 4. The van der Waals surface area contributed by atoms with Gasteiger partial charge < -0.3 is 48.3 Å². The zero-order valence-electron chi connectivity index (χ0n) is 26.6. The molecule has 0 unspecified atom stereocenters. The average molecular weight is 716 g/mol. The summed E-state index contributed by atoms with van der Waals surface area (Å²) in [4.78, 5) is 99.8. The van der Waals surface area contributed by atoms with Gasteiger partial charge in [0.25, 0.3) is 11.5 Å². The standard InChI is InChI=1S/C29H37N11O9S/c1-13(2-7-20(41)36-17(8-21(42)43)25(45)37-18(9-30)26(46)38-19(12-50)28(48)49)34-24(44)14-3-5-15(6-4-14)32-10-16-11-33-23-22(35-16)27(47)40-29(31)39-23/h3-6,11,13,17-19,32,50H,2,7-10,12,30H2,1H3,(H,34,44)(H,36,41)(H,37,45)(H,38,46)(H,42,43)(H,48,49)(H3,31,33,39,40,47)/t13-,17+,18+,19+/m1/s1. The van der Waals surface area contributed by atoms with Gasteiger partial charge in [0, 0.05) is 36.0 Å². The highest BCUT2D eigenvalue weighted by atomic mass is 32.1.